The first-order valence-corrected chi connectivity index (χ1v) is 15.4. The number of halogens is 6. The Bertz CT molecular complexity index is 2310. The summed E-state index contributed by atoms with van der Waals surface area (Å²) in [7, 11) is 0. The van der Waals surface area contributed by atoms with Gasteiger partial charge in [-0.25, -0.2) is 9.67 Å². The molecular formula is C38H28F6N4O. The average molecular weight is 671 g/mol. The first-order valence-electron chi connectivity index (χ1n) is 15.4. The molecule has 0 saturated carbocycles. The number of pyridine rings is 1. The summed E-state index contributed by atoms with van der Waals surface area (Å²) in [5.41, 5.74) is -0.822. The second-order valence-corrected chi connectivity index (χ2v) is 12.1. The van der Waals surface area contributed by atoms with Crippen LogP contribution in [0.15, 0.2) is 110 Å². The zero-order valence-corrected chi connectivity index (χ0v) is 26.4. The number of hydrogen-bond donors (Lipinski definition) is 0. The van der Waals surface area contributed by atoms with Gasteiger partial charge in [-0.05, 0) is 78.6 Å². The third-order valence-corrected chi connectivity index (χ3v) is 8.39. The molecule has 7 rings (SSSR count). The van der Waals surface area contributed by atoms with Gasteiger partial charge in [-0.1, -0.05) is 38.1 Å². The Morgan fingerprint density at radius 1 is 0.714 bits per heavy atom. The number of aromatic nitrogens is 4. The van der Waals surface area contributed by atoms with Gasteiger partial charge in [0, 0.05) is 46.4 Å². The first kappa shape index (κ1) is 32.0. The van der Waals surface area contributed by atoms with E-state index in [9.17, 15) is 26.3 Å². The first-order chi connectivity index (χ1) is 23.3. The Kier molecular flexibility index (Phi) is 7.73. The standard InChI is InChI=1S/C38H28F6N4O/c1-22(2)24-13-14-45-35(17-24)48-33-10-5-4-9-29(33)30-12-11-28(19-34(30)48)49-27-8-6-7-26(18-27)47-21-25(20-46-47)36-31(37(39,40)41)15-23(3)16-32(36)38(42,43)44/h4-22H,1-3H3. The van der Waals surface area contributed by atoms with Crippen LogP contribution in [0.4, 0.5) is 26.3 Å². The van der Waals surface area contributed by atoms with Crippen LogP contribution in [-0.2, 0) is 12.4 Å². The molecule has 4 aromatic carbocycles. The predicted molar refractivity (Wildman–Crippen MR) is 176 cm³/mol. The summed E-state index contributed by atoms with van der Waals surface area (Å²) in [6.07, 6.45) is -6.09. The number of para-hydroxylation sites is 1. The van der Waals surface area contributed by atoms with Gasteiger partial charge in [-0.3, -0.25) is 4.57 Å². The molecule has 0 radical (unpaired) electrons. The topological polar surface area (TPSA) is 44.9 Å². The van der Waals surface area contributed by atoms with Crippen LogP contribution in [0.2, 0.25) is 0 Å². The van der Waals surface area contributed by atoms with Gasteiger partial charge in [-0.15, -0.1) is 0 Å². The van der Waals surface area contributed by atoms with Crippen LogP contribution >= 0.6 is 0 Å². The van der Waals surface area contributed by atoms with Crippen LogP contribution in [0.5, 0.6) is 11.5 Å². The number of fused-ring (bicyclic) bond motifs is 3. The molecule has 0 saturated heterocycles. The molecule has 0 aliphatic carbocycles. The van der Waals surface area contributed by atoms with Crippen molar-refractivity contribution >= 4 is 21.8 Å². The molecule has 0 atom stereocenters. The second-order valence-electron chi connectivity index (χ2n) is 12.1. The van der Waals surface area contributed by atoms with E-state index in [0.29, 0.717) is 35.2 Å². The van der Waals surface area contributed by atoms with Gasteiger partial charge in [0.2, 0.25) is 0 Å². The summed E-state index contributed by atoms with van der Waals surface area (Å²) in [5, 5.41) is 6.18. The fourth-order valence-electron chi connectivity index (χ4n) is 6.14. The molecule has 5 nitrogen and oxygen atoms in total. The lowest BCUT2D eigenvalue weighted by Gasteiger charge is -2.19. The van der Waals surface area contributed by atoms with Crippen molar-refractivity contribution in [3.63, 3.8) is 0 Å². The summed E-state index contributed by atoms with van der Waals surface area (Å²) in [6, 6.07) is 25.8. The average Bonchev–Trinajstić information content (AvgIpc) is 3.67. The Morgan fingerprint density at radius 3 is 2.12 bits per heavy atom. The monoisotopic (exact) mass is 670 g/mol. The van der Waals surface area contributed by atoms with Crippen LogP contribution in [0.1, 0.15) is 42.0 Å². The third-order valence-electron chi connectivity index (χ3n) is 8.39. The molecule has 0 aliphatic heterocycles. The smallest absolute Gasteiger partial charge is 0.417 e. The van der Waals surface area contributed by atoms with Crippen LogP contribution in [0.3, 0.4) is 0 Å². The number of ether oxygens (including phenoxy) is 1. The Balaban J connectivity index is 1.26. The summed E-state index contributed by atoms with van der Waals surface area (Å²) >= 11 is 0. The SMILES string of the molecule is Cc1cc(C(F)(F)F)c(-c2cnn(-c3cccc(Oc4ccc5c6ccccc6n(-c6cc(C(C)C)ccn6)c5c4)c3)c2)c(C(F)(F)F)c1. The molecule has 0 bridgehead atoms. The van der Waals surface area contributed by atoms with Gasteiger partial charge >= 0.3 is 12.4 Å². The summed E-state index contributed by atoms with van der Waals surface area (Å²) in [5.74, 6) is 1.97. The van der Waals surface area contributed by atoms with E-state index in [1.165, 1.54) is 11.6 Å². The highest BCUT2D eigenvalue weighted by molar-refractivity contribution is 6.09. The molecular weight excluding hydrogens is 642 g/mol. The molecule has 0 spiro atoms. The molecule has 0 amide bonds. The molecule has 11 heteroatoms. The van der Waals surface area contributed by atoms with Gasteiger partial charge in [0.15, 0.2) is 0 Å². The minimum atomic E-state index is -5.02. The van der Waals surface area contributed by atoms with E-state index in [4.69, 9.17) is 4.74 Å². The molecule has 3 heterocycles. The van der Waals surface area contributed by atoms with Crippen molar-refractivity contribution in [3.8, 4) is 34.1 Å². The third kappa shape index (κ3) is 6.01. The molecule has 0 unspecified atom stereocenters. The van der Waals surface area contributed by atoms with Crippen LogP contribution in [0.25, 0.3) is 44.4 Å². The fraction of sp³-hybridized carbons (Fsp3) is 0.158. The highest BCUT2D eigenvalue weighted by Crippen LogP contribution is 2.45. The fourth-order valence-corrected chi connectivity index (χ4v) is 6.14. The number of rotatable bonds is 6. The summed E-state index contributed by atoms with van der Waals surface area (Å²) in [4.78, 5) is 4.68. The molecule has 0 fully saturated rings. The maximum atomic E-state index is 14.0. The molecule has 3 aromatic heterocycles. The lowest BCUT2D eigenvalue weighted by atomic mass is 9.93. The second kappa shape index (κ2) is 11.8. The van der Waals surface area contributed by atoms with Crippen LogP contribution in [0, 0.1) is 6.92 Å². The molecule has 248 valence electrons. The van der Waals surface area contributed by atoms with Gasteiger partial charge in [0.05, 0.1) is 34.0 Å². The summed E-state index contributed by atoms with van der Waals surface area (Å²) < 4.78 is 93.5. The van der Waals surface area contributed by atoms with Crippen molar-refractivity contribution in [1.29, 1.82) is 0 Å². The molecule has 0 aliphatic rings. The number of alkyl halides is 6. The van der Waals surface area contributed by atoms with Crippen LogP contribution < -0.4 is 4.74 Å². The number of aryl methyl sites for hydroxylation is 1. The van der Waals surface area contributed by atoms with E-state index in [0.717, 1.165) is 45.6 Å². The molecule has 0 N–H and O–H groups in total. The van der Waals surface area contributed by atoms with E-state index in [2.05, 4.69) is 40.6 Å². The van der Waals surface area contributed by atoms with Crippen molar-refractivity contribution in [2.24, 2.45) is 0 Å². The van der Waals surface area contributed by atoms with Gasteiger partial charge in [0.1, 0.15) is 17.3 Å². The minimum absolute atomic E-state index is 0.153. The Hall–Kier alpha value is -5.58. The van der Waals surface area contributed by atoms with Gasteiger partial charge in [-0.2, -0.15) is 31.4 Å². The van der Waals surface area contributed by atoms with Crippen molar-refractivity contribution in [2.75, 3.05) is 0 Å². The largest absolute Gasteiger partial charge is 0.457 e. The van der Waals surface area contributed by atoms with Gasteiger partial charge < -0.3 is 4.74 Å². The molecule has 7 aromatic rings. The molecule has 49 heavy (non-hydrogen) atoms. The van der Waals surface area contributed by atoms with Crippen molar-refractivity contribution < 1.29 is 31.1 Å². The lowest BCUT2D eigenvalue weighted by Crippen LogP contribution is -2.14. The summed E-state index contributed by atoms with van der Waals surface area (Å²) in [6.45, 7) is 5.44. The van der Waals surface area contributed by atoms with Crippen LogP contribution in [-0.4, -0.2) is 19.3 Å². The maximum Gasteiger partial charge on any atom is 0.417 e. The normalized spacial score (nSPS) is 12.4. The number of nitrogens with zero attached hydrogens (tertiary/aromatic N) is 4. The highest BCUT2D eigenvalue weighted by Gasteiger charge is 2.41. The van der Waals surface area contributed by atoms with E-state index >= 15 is 0 Å². The zero-order chi connectivity index (χ0) is 34.7. The zero-order valence-electron chi connectivity index (χ0n) is 26.4. The van der Waals surface area contributed by atoms with E-state index < -0.39 is 29.0 Å². The van der Waals surface area contributed by atoms with E-state index in [1.807, 2.05) is 42.5 Å². The minimum Gasteiger partial charge on any atom is -0.457 e. The van der Waals surface area contributed by atoms with E-state index in [1.54, 1.807) is 30.5 Å². The number of hydrogen-bond acceptors (Lipinski definition) is 3. The number of benzene rings is 4. The van der Waals surface area contributed by atoms with Gasteiger partial charge in [0.25, 0.3) is 0 Å². The van der Waals surface area contributed by atoms with E-state index in [-0.39, 0.29) is 11.1 Å². The maximum absolute atomic E-state index is 14.0. The quantitative estimate of drug-likeness (QED) is 0.165. The Morgan fingerprint density at radius 2 is 1.41 bits per heavy atom. The van der Waals surface area contributed by atoms with Crippen molar-refractivity contribution in [3.05, 3.63) is 132 Å². The highest BCUT2D eigenvalue weighted by atomic mass is 19.4. The predicted octanol–water partition coefficient (Wildman–Crippen LogP) is 11.3. The van der Waals surface area contributed by atoms with Crippen molar-refractivity contribution in [2.45, 2.75) is 39.0 Å². The lowest BCUT2D eigenvalue weighted by molar-refractivity contribution is -0.142. The van der Waals surface area contributed by atoms with Crippen molar-refractivity contribution in [1.82, 2.24) is 19.3 Å². The Labute approximate surface area is 277 Å².